The van der Waals surface area contributed by atoms with Crippen molar-refractivity contribution in [2.45, 2.75) is 12.5 Å². The Morgan fingerprint density at radius 1 is 1.58 bits per heavy atom. The molecular formula is C18H21N3O3. The highest BCUT2D eigenvalue weighted by Crippen LogP contribution is 2.25. The largest absolute Gasteiger partial charge is 0.479 e. The molecule has 1 heterocycles. The molecule has 3 amide bonds. The maximum Gasteiger partial charge on any atom is 0.322 e. The van der Waals surface area contributed by atoms with Crippen molar-refractivity contribution in [2.75, 3.05) is 32.1 Å². The maximum absolute atomic E-state index is 12.5. The number of urea groups is 1. The number of terminal acetylenes is 1. The first-order valence-corrected chi connectivity index (χ1v) is 7.67. The van der Waals surface area contributed by atoms with Crippen molar-refractivity contribution in [3.05, 3.63) is 36.9 Å². The van der Waals surface area contributed by atoms with Crippen LogP contribution in [0.2, 0.25) is 0 Å². The molecule has 0 aliphatic carbocycles. The quantitative estimate of drug-likeness (QED) is 0.642. The minimum atomic E-state index is -0.469. The Kier molecular flexibility index (Phi) is 5.85. The maximum atomic E-state index is 12.5. The van der Waals surface area contributed by atoms with Crippen molar-refractivity contribution in [3.8, 4) is 18.1 Å². The van der Waals surface area contributed by atoms with Crippen LogP contribution in [0, 0.1) is 12.3 Å². The highest BCUT2D eigenvalue weighted by molar-refractivity contribution is 5.95. The fourth-order valence-electron chi connectivity index (χ4n) is 2.58. The van der Waals surface area contributed by atoms with Crippen LogP contribution in [0.5, 0.6) is 5.75 Å². The van der Waals surface area contributed by atoms with Gasteiger partial charge in [0.1, 0.15) is 18.4 Å². The van der Waals surface area contributed by atoms with Crippen LogP contribution >= 0.6 is 0 Å². The van der Waals surface area contributed by atoms with E-state index in [0.717, 1.165) is 0 Å². The van der Waals surface area contributed by atoms with Crippen LogP contribution in [0.15, 0.2) is 36.9 Å². The van der Waals surface area contributed by atoms with Crippen LogP contribution < -0.4 is 10.1 Å². The molecule has 0 aromatic heterocycles. The third-order valence-corrected chi connectivity index (χ3v) is 3.85. The number of hydrogen-bond donors (Lipinski definition) is 1. The molecule has 1 aliphatic rings. The number of para-hydroxylation sites is 2. The topological polar surface area (TPSA) is 61.9 Å². The lowest BCUT2D eigenvalue weighted by atomic mass is 10.2. The van der Waals surface area contributed by atoms with E-state index in [1.54, 1.807) is 42.3 Å². The van der Waals surface area contributed by atoms with E-state index >= 15 is 0 Å². The summed E-state index contributed by atoms with van der Waals surface area (Å²) in [6.45, 7) is 4.86. The average Bonchev–Trinajstić information content (AvgIpc) is 2.94. The van der Waals surface area contributed by atoms with Gasteiger partial charge in [0.25, 0.3) is 0 Å². The van der Waals surface area contributed by atoms with Gasteiger partial charge in [-0.25, -0.2) is 4.79 Å². The second-order valence-electron chi connectivity index (χ2n) is 5.41. The van der Waals surface area contributed by atoms with E-state index < -0.39 is 6.04 Å². The van der Waals surface area contributed by atoms with Crippen LogP contribution in [-0.4, -0.2) is 54.5 Å². The van der Waals surface area contributed by atoms with E-state index in [0.29, 0.717) is 30.9 Å². The first kappa shape index (κ1) is 17.4. The summed E-state index contributed by atoms with van der Waals surface area (Å²) in [5.74, 6) is 2.81. The monoisotopic (exact) mass is 327 g/mol. The number of anilines is 1. The summed E-state index contributed by atoms with van der Waals surface area (Å²) in [6.07, 6.45) is 7.47. The Labute approximate surface area is 142 Å². The fourth-order valence-corrected chi connectivity index (χ4v) is 2.58. The number of carbonyl (C=O) groups excluding carboxylic acids is 2. The van der Waals surface area contributed by atoms with Crippen molar-refractivity contribution in [1.29, 1.82) is 0 Å². The Morgan fingerprint density at radius 3 is 3.04 bits per heavy atom. The molecule has 1 atom stereocenters. The summed E-state index contributed by atoms with van der Waals surface area (Å²) >= 11 is 0. The van der Waals surface area contributed by atoms with E-state index in [2.05, 4.69) is 17.8 Å². The summed E-state index contributed by atoms with van der Waals surface area (Å²) in [5, 5.41) is 2.77. The summed E-state index contributed by atoms with van der Waals surface area (Å²) in [5.41, 5.74) is 0.512. The lowest BCUT2D eigenvalue weighted by Gasteiger charge is -2.24. The van der Waals surface area contributed by atoms with Crippen LogP contribution in [0.4, 0.5) is 10.5 Å². The molecule has 1 saturated heterocycles. The predicted octanol–water partition coefficient (Wildman–Crippen LogP) is 1.95. The zero-order valence-electron chi connectivity index (χ0n) is 13.7. The molecule has 126 valence electrons. The average molecular weight is 327 g/mol. The van der Waals surface area contributed by atoms with Crippen molar-refractivity contribution >= 4 is 17.6 Å². The fraction of sp³-hybridized carbons (Fsp3) is 0.333. The molecule has 0 spiro atoms. The Balaban J connectivity index is 2.04. The zero-order valence-corrected chi connectivity index (χ0v) is 13.7. The molecule has 6 heteroatoms. The second kappa shape index (κ2) is 8.06. The van der Waals surface area contributed by atoms with Gasteiger partial charge in [-0.2, -0.15) is 0 Å². The molecule has 1 aromatic carbocycles. The van der Waals surface area contributed by atoms with Crippen molar-refractivity contribution in [2.24, 2.45) is 0 Å². The van der Waals surface area contributed by atoms with Gasteiger partial charge in [0.15, 0.2) is 0 Å². The summed E-state index contributed by atoms with van der Waals surface area (Å²) in [7, 11) is 1.61. The van der Waals surface area contributed by atoms with Gasteiger partial charge < -0.3 is 19.9 Å². The summed E-state index contributed by atoms with van der Waals surface area (Å²) in [4.78, 5) is 27.9. The molecule has 24 heavy (non-hydrogen) atoms. The second-order valence-corrected chi connectivity index (χ2v) is 5.41. The minimum Gasteiger partial charge on any atom is -0.479 e. The molecular weight excluding hydrogens is 306 g/mol. The third-order valence-electron chi connectivity index (χ3n) is 3.85. The number of carbonyl (C=O) groups is 2. The summed E-state index contributed by atoms with van der Waals surface area (Å²) < 4.78 is 5.41. The van der Waals surface area contributed by atoms with E-state index in [1.807, 2.05) is 0 Å². The van der Waals surface area contributed by atoms with Gasteiger partial charge in [0, 0.05) is 20.1 Å². The van der Waals surface area contributed by atoms with Gasteiger partial charge in [-0.3, -0.25) is 4.79 Å². The van der Waals surface area contributed by atoms with Crippen molar-refractivity contribution in [3.63, 3.8) is 0 Å². The van der Waals surface area contributed by atoms with Crippen LogP contribution in [0.1, 0.15) is 6.42 Å². The zero-order chi connectivity index (χ0) is 17.5. The van der Waals surface area contributed by atoms with Gasteiger partial charge in [0.2, 0.25) is 5.91 Å². The number of amides is 3. The molecule has 1 aliphatic heterocycles. The SMILES string of the molecule is C#CCOc1ccccc1NC(=O)N(C)[C@@H]1CCN(CC=C)C1=O. The number of ether oxygens (including phenoxy) is 1. The molecule has 1 N–H and O–H groups in total. The molecule has 2 rings (SSSR count). The number of nitrogens with one attached hydrogen (secondary N) is 1. The number of nitrogens with zero attached hydrogens (tertiary/aromatic N) is 2. The van der Waals surface area contributed by atoms with Gasteiger partial charge in [-0.1, -0.05) is 24.1 Å². The lowest BCUT2D eigenvalue weighted by molar-refractivity contribution is -0.130. The predicted molar refractivity (Wildman–Crippen MR) is 92.7 cm³/mol. The van der Waals surface area contributed by atoms with E-state index in [-0.39, 0.29) is 18.5 Å². The van der Waals surface area contributed by atoms with Crippen LogP contribution in [-0.2, 0) is 4.79 Å². The van der Waals surface area contributed by atoms with Crippen LogP contribution in [0.3, 0.4) is 0 Å². The molecule has 0 saturated carbocycles. The molecule has 0 radical (unpaired) electrons. The number of benzene rings is 1. The highest BCUT2D eigenvalue weighted by Gasteiger charge is 2.35. The van der Waals surface area contributed by atoms with Gasteiger partial charge in [-0.15, -0.1) is 13.0 Å². The van der Waals surface area contributed by atoms with Gasteiger partial charge in [0.05, 0.1) is 5.69 Å². The van der Waals surface area contributed by atoms with Gasteiger partial charge >= 0.3 is 6.03 Å². The third kappa shape index (κ3) is 3.87. The first-order chi connectivity index (χ1) is 11.6. The van der Waals surface area contributed by atoms with E-state index in [1.165, 1.54) is 4.90 Å². The van der Waals surface area contributed by atoms with E-state index in [4.69, 9.17) is 11.2 Å². The molecule has 6 nitrogen and oxygen atoms in total. The minimum absolute atomic E-state index is 0.0654. The lowest BCUT2D eigenvalue weighted by Crippen LogP contribution is -2.44. The van der Waals surface area contributed by atoms with E-state index in [9.17, 15) is 9.59 Å². The molecule has 1 fully saturated rings. The molecule has 1 aromatic rings. The number of hydrogen-bond acceptors (Lipinski definition) is 3. The molecule has 0 unspecified atom stereocenters. The Hall–Kier alpha value is -2.94. The first-order valence-electron chi connectivity index (χ1n) is 7.67. The number of rotatable bonds is 6. The smallest absolute Gasteiger partial charge is 0.322 e. The number of likely N-dealkylation sites (tertiary alicyclic amines) is 1. The van der Waals surface area contributed by atoms with Gasteiger partial charge in [-0.05, 0) is 18.6 Å². The normalized spacial score (nSPS) is 16.4. The number of likely N-dealkylation sites (N-methyl/N-ethyl adjacent to an activating group) is 1. The van der Waals surface area contributed by atoms with Crippen molar-refractivity contribution in [1.82, 2.24) is 9.80 Å². The Morgan fingerprint density at radius 2 is 2.33 bits per heavy atom. The Bertz CT molecular complexity index is 666. The van der Waals surface area contributed by atoms with Crippen LogP contribution in [0.25, 0.3) is 0 Å². The molecule has 0 bridgehead atoms. The highest BCUT2D eigenvalue weighted by atomic mass is 16.5. The van der Waals surface area contributed by atoms with Crippen molar-refractivity contribution < 1.29 is 14.3 Å². The standard InChI is InChI=1S/C18H21N3O3/c1-4-11-21-12-10-15(17(21)22)20(3)18(23)19-14-8-6-7-9-16(14)24-13-5-2/h2,4,6-9,15H,1,10-13H2,3H3,(H,19,23)/t15-/m1/s1. The summed E-state index contributed by atoms with van der Waals surface area (Å²) in [6, 6.07) is 6.18.